The van der Waals surface area contributed by atoms with E-state index in [9.17, 15) is 5.11 Å². The van der Waals surface area contributed by atoms with E-state index >= 15 is 0 Å². The average molecular weight is 243 g/mol. The highest BCUT2D eigenvalue weighted by molar-refractivity contribution is 9.10. The third kappa shape index (κ3) is 1.13. The number of hydrogen-bond donors (Lipinski definition) is 1. The van der Waals surface area contributed by atoms with Gasteiger partial charge in [0.25, 0.3) is 0 Å². The van der Waals surface area contributed by atoms with Crippen LogP contribution in [0.5, 0.6) is 5.75 Å². The molecule has 3 heteroatoms. The first-order valence-electron chi connectivity index (χ1n) is 3.56. The van der Waals surface area contributed by atoms with Crippen molar-refractivity contribution in [3.63, 3.8) is 0 Å². The van der Waals surface area contributed by atoms with Gasteiger partial charge in [-0.3, -0.25) is 0 Å². The van der Waals surface area contributed by atoms with Crippen LogP contribution in [0.3, 0.4) is 0 Å². The quantitative estimate of drug-likeness (QED) is 0.748. The zero-order valence-corrected chi connectivity index (χ0v) is 8.87. The molecule has 0 aliphatic carbocycles. The van der Waals surface area contributed by atoms with Crippen LogP contribution >= 0.6 is 27.3 Å². The van der Waals surface area contributed by atoms with Crippen LogP contribution < -0.4 is 0 Å². The maximum absolute atomic E-state index is 9.63. The molecule has 0 amide bonds. The number of hydrogen-bond acceptors (Lipinski definition) is 2. The highest BCUT2D eigenvalue weighted by Gasteiger charge is 2.05. The molecule has 1 aromatic carbocycles. The molecule has 0 unspecified atom stereocenters. The SMILES string of the molecule is Cc1cc2c(O)c(Br)ccc2s1. The zero-order valence-electron chi connectivity index (χ0n) is 6.47. The van der Waals surface area contributed by atoms with E-state index in [0.717, 1.165) is 14.6 Å². The monoisotopic (exact) mass is 242 g/mol. The van der Waals surface area contributed by atoms with Crippen molar-refractivity contribution in [2.24, 2.45) is 0 Å². The lowest BCUT2D eigenvalue weighted by Crippen LogP contribution is -1.68. The molecule has 0 saturated carbocycles. The molecule has 12 heavy (non-hydrogen) atoms. The van der Waals surface area contributed by atoms with E-state index in [1.165, 1.54) is 4.88 Å². The molecular weight excluding hydrogens is 236 g/mol. The first-order chi connectivity index (χ1) is 5.68. The van der Waals surface area contributed by atoms with Crippen molar-refractivity contribution in [2.45, 2.75) is 6.92 Å². The van der Waals surface area contributed by atoms with E-state index in [1.807, 2.05) is 25.1 Å². The number of aryl methyl sites for hydroxylation is 1. The molecule has 1 heterocycles. The largest absolute Gasteiger partial charge is 0.506 e. The molecule has 0 radical (unpaired) electrons. The number of fused-ring (bicyclic) bond motifs is 1. The zero-order chi connectivity index (χ0) is 8.72. The van der Waals surface area contributed by atoms with Crippen molar-refractivity contribution in [3.05, 3.63) is 27.5 Å². The minimum atomic E-state index is 0.344. The van der Waals surface area contributed by atoms with Gasteiger partial charge in [0.2, 0.25) is 0 Å². The molecule has 2 aromatic rings. The number of aromatic hydroxyl groups is 1. The lowest BCUT2D eigenvalue weighted by molar-refractivity contribution is 0.478. The molecule has 62 valence electrons. The summed E-state index contributed by atoms with van der Waals surface area (Å²) in [7, 11) is 0. The summed E-state index contributed by atoms with van der Waals surface area (Å²) in [5.41, 5.74) is 0. The van der Waals surface area contributed by atoms with E-state index in [-0.39, 0.29) is 0 Å². The molecule has 0 aliphatic heterocycles. The van der Waals surface area contributed by atoms with Gasteiger partial charge in [0.05, 0.1) is 4.47 Å². The Hall–Kier alpha value is -0.540. The van der Waals surface area contributed by atoms with Gasteiger partial charge in [0.15, 0.2) is 0 Å². The number of benzene rings is 1. The minimum absolute atomic E-state index is 0.344. The average Bonchev–Trinajstić information content (AvgIpc) is 2.39. The number of thiophene rings is 1. The van der Waals surface area contributed by atoms with Gasteiger partial charge in [-0.15, -0.1) is 11.3 Å². The van der Waals surface area contributed by atoms with Crippen molar-refractivity contribution in [2.75, 3.05) is 0 Å². The van der Waals surface area contributed by atoms with E-state index in [2.05, 4.69) is 15.9 Å². The van der Waals surface area contributed by atoms with E-state index in [0.29, 0.717) is 5.75 Å². The van der Waals surface area contributed by atoms with Crippen molar-refractivity contribution in [1.29, 1.82) is 0 Å². The Morgan fingerprint density at radius 1 is 1.42 bits per heavy atom. The summed E-state index contributed by atoms with van der Waals surface area (Å²) in [4.78, 5) is 1.22. The maximum atomic E-state index is 9.63. The van der Waals surface area contributed by atoms with Crippen LogP contribution in [0.1, 0.15) is 4.88 Å². The highest BCUT2D eigenvalue weighted by atomic mass is 79.9. The molecule has 0 fully saturated rings. The predicted octanol–water partition coefficient (Wildman–Crippen LogP) is 3.68. The summed E-state index contributed by atoms with van der Waals surface area (Å²) in [6, 6.07) is 5.88. The standard InChI is InChI=1S/C9H7BrOS/c1-5-4-6-8(12-5)3-2-7(10)9(6)11/h2-4,11H,1H3. The number of phenols is 1. The van der Waals surface area contributed by atoms with E-state index in [1.54, 1.807) is 11.3 Å². The molecule has 0 saturated heterocycles. The molecule has 1 nitrogen and oxygen atoms in total. The lowest BCUT2D eigenvalue weighted by Gasteiger charge is -1.96. The minimum Gasteiger partial charge on any atom is -0.506 e. The Balaban J connectivity index is 2.89. The fourth-order valence-electron chi connectivity index (χ4n) is 1.20. The molecule has 0 spiro atoms. The van der Waals surface area contributed by atoms with Crippen molar-refractivity contribution in [1.82, 2.24) is 0 Å². The third-order valence-corrected chi connectivity index (χ3v) is 3.40. The van der Waals surface area contributed by atoms with Gasteiger partial charge in [-0.25, -0.2) is 0 Å². The second-order valence-electron chi connectivity index (χ2n) is 2.66. The van der Waals surface area contributed by atoms with Crippen molar-refractivity contribution in [3.8, 4) is 5.75 Å². The van der Waals surface area contributed by atoms with Crippen LogP contribution in [0.2, 0.25) is 0 Å². The second-order valence-corrected chi connectivity index (χ2v) is 4.81. The number of halogens is 1. The molecule has 0 bridgehead atoms. The summed E-state index contributed by atoms with van der Waals surface area (Å²) in [6.45, 7) is 2.04. The van der Waals surface area contributed by atoms with Gasteiger partial charge in [0.1, 0.15) is 5.75 Å². The number of rotatable bonds is 0. The molecule has 1 aromatic heterocycles. The first kappa shape index (κ1) is 8.08. The Kier molecular flexibility index (Phi) is 1.85. The van der Waals surface area contributed by atoms with Gasteiger partial charge in [-0.05, 0) is 41.1 Å². The normalized spacial score (nSPS) is 10.8. The van der Waals surface area contributed by atoms with Gasteiger partial charge in [-0.1, -0.05) is 0 Å². The van der Waals surface area contributed by atoms with Crippen LogP contribution in [-0.2, 0) is 0 Å². The highest BCUT2D eigenvalue weighted by Crippen LogP contribution is 2.36. The third-order valence-electron chi connectivity index (χ3n) is 1.75. The van der Waals surface area contributed by atoms with Gasteiger partial charge in [0, 0.05) is 15.0 Å². The second kappa shape index (κ2) is 2.75. The molecular formula is C9H7BrOS. The summed E-state index contributed by atoms with van der Waals surface area (Å²) in [6.07, 6.45) is 0. The molecule has 2 rings (SSSR count). The summed E-state index contributed by atoms with van der Waals surface area (Å²) >= 11 is 4.97. The summed E-state index contributed by atoms with van der Waals surface area (Å²) < 4.78 is 1.89. The Morgan fingerprint density at radius 2 is 2.17 bits per heavy atom. The smallest absolute Gasteiger partial charge is 0.138 e. The van der Waals surface area contributed by atoms with E-state index in [4.69, 9.17) is 0 Å². The topological polar surface area (TPSA) is 20.2 Å². The Morgan fingerprint density at radius 3 is 2.92 bits per heavy atom. The van der Waals surface area contributed by atoms with Crippen molar-refractivity contribution < 1.29 is 5.11 Å². The number of phenolic OH excluding ortho intramolecular Hbond substituents is 1. The van der Waals surface area contributed by atoms with Crippen LogP contribution in [-0.4, -0.2) is 5.11 Å². The van der Waals surface area contributed by atoms with Crippen molar-refractivity contribution >= 4 is 37.4 Å². The van der Waals surface area contributed by atoms with Crippen LogP contribution in [0.4, 0.5) is 0 Å². The maximum Gasteiger partial charge on any atom is 0.138 e. The fourth-order valence-corrected chi connectivity index (χ4v) is 2.47. The molecule has 1 N–H and O–H groups in total. The lowest BCUT2D eigenvalue weighted by atomic mass is 10.2. The van der Waals surface area contributed by atoms with Crippen LogP contribution in [0.15, 0.2) is 22.7 Å². The fraction of sp³-hybridized carbons (Fsp3) is 0.111. The molecule has 0 aliphatic rings. The Bertz CT molecular complexity index is 433. The molecule has 0 atom stereocenters. The summed E-state index contributed by atoms with van der Waals surface area (Å²) in [5.74, 6) is 0.344. The van der Waals surface area contributed by atoms with Crippen LogP contribution in [0.25, 0.3) is 10.1 Å². The predicted molar refractivity (Wildman–Crippen MR) is 55.9 cm³/mol. The van der Waals surface area contributed by atoms with Crippen LogP contribution in [0, 0.1) is 6.92 Å². The first-order valence-corrected chi connectivity index (χ1v) is 5.17. The summed E-state index contributed by atoms with van der Waals surface area (Å²) in [5, 5.41) is 10.6. The Labute approximate surface area is 82.8 Å². The van der Waals surface area contributed by atoms with Gasteiger partial charge in [-0.2, -0.15) is 0 Å². The van der Waals surface area contributed by atoms with Gasteiger partial charge >= 0.3 is 0 Å². The van der Waals surface area contributed by atoms with Gasteiger partial charge < -0.3 is 5.11 Å². The van der Waals surface area contributed by atoms with E-state index < -0.39 is 0 Å².